The van der Waals surface area contributed by atoms with Gasteiger partial charge in [-0.1, -0.05) is 19.9 Å². The highest BCUT2D eigenvalue weighted by molar-refractivity contribution is 5.95. The fourth-order valence-corrected chi connectivity index (χ4v) is 2.71. The molecular formula is C21H29N3O2. The summed E-state index contributed by atoms with van der Waals surface area (Å²) in [7, 11) is 0. The summed E-state index contributed by atoms with van der Waals surface area (Å²) in [5, 5.41) is 3.08. The van der Waals surface area contributed by atoms with E-state index in [-0.39, 0.29) is 11.8 Å². The first-order chi connectivity index (χ1) is 12.3. The Kier molecular flexibility index (Phi) is 6.37. The minimum absolute atomic E-state index is 0.114. The van der Waals surface area contributed by atoms with Crippen molar-refractivity contribution in [2.45, 2.75) is 46.8 Å². The number of rotatable bonds is 7. The number of pyridine rings is 1. The summed E-state index contributed by atoms with van der Waals surface area (Å²) in [5.74, 6) is 0.924. The topological polar surface area (TPSA) is 77.2 Å². The second-order valence-corrected chi connectivity index (χ2v) is 7.32. The van der Waals surface area contributed by atoms with E-state index >= 15 is 0 Å². The number of nitrogens with one attached hydrogen (secondary N) is 1. The van der Waals surface area contributed by atoms with Crippen LogP contribution in [0.25, 0.3) is 0 Å². The number of hydrogen-bond donors (Lipinski definition) is 2. The number of carbonyl (C=O) groups excluding carboxylic acids is 1. The Labute approximate surface area is 156 Å². The molecule has 5 heteroatoms. The Balaban J connectivity index is 2.16. The number of ether oxygens (including phenoxy) is 1. The third-order valence-corrected chi connectivity index (χ3v) is 4.93. The van der Waals surface area contributed by atoms with Crippen molar-refractivity contribution in [2.75, 3.05) is 6.54 Å². The van der Waals surface area contributed by atoms with E-state index in [0.717, 1.165) is 22.4 Å². The van der Waals surface area contributed by atoms with E-state index in [1.54, 1.807) is 12.4 Å². The molecule has 0 aliphatic rings. The highest BCUT2D eigenvalue weighted by Gasteiger charge is 2.29. The molecule has 5 nitrogen and oxygen atoms in total. The molecule has 3 N–H and O–H groups in total. The van der Waals surface area contributed by atoms with Crippen molar-refractivity contribution in [3.05, 3.63) is 58.9 Å². The zero-order valence-corrected chi connectivity index (χ0v) is 16.3. The highest BCUT2D eigenvalue weighted by Crippen LogP contribution is 2.26. The van der Waals surface area contributed by atoms with E-state index in [1.807, 2.05) is 45.0 Å². The van der Waals surface area contributed by atoms with Gasteiger partial charge >= 0.3 is 0 Å². The Morgan fingerprint density at radius 2 is 1.96 bits per heavy atom. The molecule has 0 radical (unpaired) electrons. The third kappa shape index (κ3) is 4.61. The van der Waals surface area contributed by atoms with Gasteiger partial charge in [0.25, 0.3) is 5.91 Å². The Morgan fingerprint density at radius 1 is 1.31 bits per heavy atom. The second kappa shape index (κ2) is 8.32. The summed E-state index contributed by atoms with van der Waals surface area (Å²) in [6.45, 7) is 10.8. The number of aryl methyl sites for hydroxylation is 2. The molecule has 0 aliphatic heterocycles. The lowest BCUT2D eigenvalue weighted by molar-refractivity contribution is 0.0883. The van der Waals surface area contributed by atoms with Crippen LogP contribution in [0.3, 0.4) is 0 Å². The predicted octanol–water partition coefficient (Wildman–Crippen LogP) is 3.38. The molecule has 0 aliphatic carbocycles. The molecule has 0 spiro atoms. The van der Waals surface area contributed by atoms with Gasteiger partial charge in [0.15, 0.2) is 0 Å². The summed E-state index contributed by atoms with van der Waals surface area (Å²) in [6.07, 6.45) is 3.52. The molecule has 0 bridgehead atoms. The maximum Gasteiger partial charge on any atom is 0.251 e. The number of hydrogen-bond acceptors (Lipinski definition) is 4. The maximum absolute atomic E-state index is 12.7. The first kappa shape index (κ1) is 19.9. The average molecular weight is 355 g/mol. The van der Waals surface area contributed by atoms with Gasteiger partial charge in [0.1, 0.15) is 12.4 Å². The summed E-state index contributed by atoms with van der Waals surface area (Å²) in [4.78, 5) is 16.8. The molecule has 140 valence electrons. The molecule has 1 aromatic heterocycles. The molecule has 1 heterocycles. The number of nitrogens with two attached hydrogens (primary N) is 1. The van der Waals surface area contributed by atoms with E-state index in [0.29, 0.717) is 18.7 Å². The summed E-state index contributed by atoms with van der Waals surface area (Å²) < 4.78 is 5.96. The average Bonchev–Trinajstić information content (AvgIpc) is 2.61. The Hall–Kier alpha value is -2.40. The van der Waals surface area contributed by atoms with Gasteiger partial charge in [0.2, 0.25) is 0 Å². The number of nitrogens with zero attached hydrogens (tertiary/aromatic N) is 1. The number of benzene rings is 1. The van der Waals surface area contributed by atoms with Gasteiger partial charge in [-0.3, -0.25) is 9.78 Å². The molecule has 2 aromatic rings. The van der Waals surface area contributed by atoms with Crippen LogP contribution in [0.2, 0.25) is 0 Å². The lowest BCUT2D eigenvalue weighted by atomic mass is 9.88. The van der Waals surface area contributed by atoms with Crippen LogP contribution in [0.1, 0.15) is 47.8 Å². The van der Waals surface area contributed by atoms with Crippen molar-refractivity contribution in [3.8, 4) is 5.75 Å². The molecule has 26 heavy (non-hydrogen) atoms. The van der Waals surface area contributed by atoms with Crippen molar-refractivity contribution in [2.24, 2.45) is 11.7 Å². The van der Waals surface area contributed by atoms with E-state index in [4.69, 9.17) is 10.5 Å². The van der Waals surface area contributed by atoms with Crippen molar-refractivity contribution in [1.82, 2.24) is 10.3 Å². The normalized spacial score (nSPS) is 13.3. The predicted molar refractivity (Wildman–Crippen MR) is 104 cm³/mol. The van der Waals surface area contributed by atoms with Crippen molar-refractivity contribution in [1.29, 1.82) is 0 Å². The van der Waals surface area contributed by atoms with Gasteiger partial charge in [-0.05, 0) is 56.0 Å². The van der Waals surface area contributed by atoms with Crippen LogP contribution in [0.5, 0.6) is 5.75 Å². The fourth-order valence-electron chi connectivity index (χ4n) is 2.71. The van der Waals surface area contributed by atoms with E-state index in [2.05, 4.69) is 24.1 Å². The lowest BCUT2D eigenvalue weighted by Crippen LogP contribution is -2.55. The van der Waals surface area contributed by atoms with E-state index in [9.17, 15) is 4.79 Å². The van der Waals surface area contributed by atoms with Crippen LogP contribution >= 0.6 is 0 Å². The minimum Gasteiger partial charge on any atom is -0.488 e. The smallest absolute Gasteiger partial charge is 0.251 e. The number of carbonyl (C=O) groups is 1. The van der Waals surface area contributed by atoms with Gasteiger partial charge < -0.3 is 15.8 Å². The highest BCUT2D eigenvalue weighted by atomic mass is 16.5. The molecule has 0 fully saturated rings. The quantitative estimate of drug-likeness (QED) is 0.798. The van der Waals surface area contributed by atoms with Crippen molar-refractivity contribution in [3.63, 3.8) is 0 Å². The lowest BCUT2D eigenvalue weighted by Gasteiger charge is -2.33. The molecule has 0 saturated heterocycles. The van der Waals surface area contributed by atoms with Gasteiger partial charge in [-0.25, -0.2) is 0 Å². The minimum atomic E-state index is -0.436. The standard InChI is InChI=1S/C21H29N3O2/c1-14(2)21(5,13-22)24-20(25)18-9-15(3)19(16(4)10-18)26-12-17-7-6-8-23-11-17/h6-11,14H,12-13,22H2,1-5H3,(H,24,25). The molecular weight excluding hydrogens is 326 g/mol. The third-order valence-electron chi connectivity index (χ3n) is 4.93. The van der Waals surface area contributed by atoms with Gasteiger partial charge in [-0.2, -0.15) is 0 Å². The summed E-state index contributed by atoms with van der Waals surface area (Å²) in [5.41, 5.74) is 8.92. The van der Waals surface area contributed by atoms with Crippen LogP contribution in [-0.2, 0) is 6.61 Å². The number of amides is 1. The molecule has 1 amide bonds. The van der Waals surface area contributed by atoms with Crippen LogP contribution in [0.15, 0.2) is 36.7 Å². The van der Waals surface area contributed by atoms with Crippen molar-refractivity contribution < 1.29 is 9.53 Å². The van der Waals surface area contributed by atoms with Crippen LogP contribution < -0.4 is 15.8 Å². The molecule has 0 saturated carbocycles. The van der Waals surface area contributed by atoms with Gasteiger partial charge in [0, 0.05) is 30.1 Å². The van der Waals surface area contributed by atoms with Crippen LogP contribution in [0, 0.1) is 19.8 Å². The Morgan fingerprint density at radius 3 is 2.46 bits per heavy atom. The molecule has 1 unspecified atom stereocenters. The first-order valence-corrected chi connectivity index (χ1v) is 8.92. The first-order valence-electron chi connectivity index (χ1n) is 8.92. The monoisotopic (exact) mass is 355 g/mol. The maximum atomic E-state index is 12.7. The number of aromatic nitrogens is 1. The van der Waals surface area contributed by atoms with Crippen molar-refractivity contribution >= 4 is 5.91 Å². The fraction of sp³-hybridized carbons (Fsp3) is 0.429. The van der Waals surface area contributed by atoms with Crippen LogP contribution in [-0.4, -0.2) is 23.0 Å². The van der Waals surface area contributed by atoms with E-state index < -0.39 is 5.54 Å². The summed E-state index contributed by atoms with van der Waals surface area (Å²) in [6, 6.07) is 7.57. The zero-order chi connectivity index (χ0) is 19.3. The largest absolute Gasteiger partial charge is 0.488 e. The molecule has 1 atom stereocenters. The van der Waals surface area contributed by atoms with E-state index in [1.165, 1.54) is 0 Å². The summed E-state index contributed by atoms with van der Waals surface area (Å²) >= 11 is 0. The molecule has 1 aromatic carbocycles. The SMILES string of the molecule is Cc1cc(C(=O)NC(C)(CN)C(C)C)cc(C)c1OCc1cccnc1. The second-order valence-electron chi connectivity index (χ2n) is 7.32. The van der Waals surface area contributed by atoms with Crippen LogP contribution in [0.4, 0.5) is 0 Å². The zero-order valence-electron chi connectivity index (χ0n) is 16.3. The Bertz CT molecular complexity index is 736. The van der Waals surface area contributed by atoms with Gasteiger partial charge in [-0.15, -0.1) is 0 Å². The molecule has 2 rings (SSSR count). The van der Waals surface area contributed by atoms with Gasteiger partial charge in [0.05, 0.1) is 5.54 Å².